The Balaban J connectivity index is 0.971. The molecular weight excluding hydrogens is 630 g/mol. The lowest BCUT2D eigenvalue weighted by molar-refractivity contribution is -0.946. The molecule has 3 aromatic rings. The van der Waals surface area contributed by atoms with Crippen molar-refractivity contribution in [3.63, 3.8) is 0 Å². The molecule has 270 valence electrons. The molecular formula is C41H56N3O6+. The molecule has 3 saturated heterocycles. The summed E-state index contributed by atoms with van der Waals surface area (Å²) in [7, 11) is 0. The zero-order valence-corrected chi connectivity index (χ0v) is 29.7. The maximum Gasteiger partial charge on any atom is 0.211 e. The fourth-order valence-electron chi connectivity index (χ4n) is 8.68. The van der Waals surface area contributed by atoms with Gasteiger partial charge >= 0.3 is 0 Å². The predicted molar refractivity (Wildman–Crippen MR) is 195 cm³/mol. The molecule has 1 aliphatic carbocycles. The molecule has 0 aromatic heterocycles. The smallest absolute Gasteiger partial charge is 0.211 e. The van der Waals surface area contributed by atoms with Crippen LogP contribution < -0.4 is 15.4 Å². The van der Waals surface area contributed by atoms with Gasteiger partial charge in [0.2, 0.25) is 6.41 Å². The second-order valence-electron chi connectivity index (χ2n) is 15.1. The van der Waals surface area contributed by atoms with Crippen LogP contribution in [0.5, 0.6) is 11.5 Å². The Hall–Kier alpha value is -3.47. The molecule has 0 radical (unpaired) electrons. The number of piperidine rings is 3. The highest BCUT2D eigenvalue weighted by Crippen LogP contribution is 2.43. The number of hydrogen-bond acceptors (Lipinski definition) is 7. The van der Waals surface area contributed by atoms with Crippen molar-refractivity contribution in [3.8, 4) is 11.5 Å². The number of quaternary nitrogens is 1. The van der Waals surface area contributed by atoms with E-state index in [1.54, 1.807) is 12.1 Å². The topological polar surface area (TPSA) is 120 Å². The molecule has 1 saturated carbocycles. The molecule has 3 aliphatic heterocycles. The number of benzene rings is 3. The van der Waals surface area contributed by atoms with E-state index >= 15 is 0 Å². The Bertz CT molecular complexity index is 1560. The van der Waals surface area contributed by atoms with Gasteiger partial charge < -0.3 is 39.9 Å². The molecule has 9 heteroatoms. The monoisotopic (exact) mass is 686 g/mol. The normalized spacial score (nSPS) is 24.4. The summed E-state index contributed by atoms with van der Waals surface area (Å²) in [5.74, 6) is 1.69. The van der Waals surface area contributed by atoms with Crippen molar-refractivity contribution in [2.45, 2.75) is 82.6 Å². The predicted octanol–water partition coefficient (Wildman–Crippen LogP) is 6.13. The SMILES string of the molecule is Cc1cc([C@@H](C)NC[C@H](O)c2ccc(O)c(NC=O)c2)ccc1OCCC[N+]12CCC(CC1)[C@@H](OC[C@@](O)(c1ccccc1)C1CCCC1)C2. The van der Waals surface area contributed by atoms with E-state index < -0.39 is 11.7 Å². The molecule has 0 spiro atoms. The van der Waals surface area contributed by atoms with E-state index in [0.717, 1.165) is 59.3 Å². The van der Waals surface area contributed by atoms with Crippen LogP contribution in [0.1, 0.15) is 86.3 Å². The van der Waals surface area contributed by atoms with E-state index in [4.69, 9.17) is 9.47 Å². The Labute approximate surface area is 297 Å². The largest absolute Gasteiger partial charge is 0.506 e. The number of anilines is 1. The molecule has 2 bridgehead atoms. The van der Waals surface area contributed by atoms with Gasteiger partial charge in [0.05, 0.1) is 44.6 Å². The van der Waals surface area contributed by atoms with E-state index in [-0.39, 0.29) is 29.5 Å². The number of fused-ring (bicyclic) bond motifs is 3. The Morgan fingerprint density at radius 2 is 1.74 bits per heavy atom. The second-order valence-corrected chi connectivity index (χ2v) is 15.1. The quantitative estimate of drug-likeness (QED) is 0.0502. The van der Waals surface area contributed by atoms with Gasteiger partial charge in [-0.3, -0.25) is 4.79 Å². The molecule has 0 unspecified atom stereocenters. The minimum atomic E-state index is -0.917. The third-order valence-electron chi connectivity index (χ3n) is 11.8. The number of rotatable bonds is 17. The van der Waals surface area contributed by atoms with Crippen LogP contribution in [0, 0.1) is 18.8 Å². The Morgan fingerprint density at radius 1 is 1.00 bits per heavy atom. The maximum absolute atomic E-state index is 12.0. The number of nitrogens with one attached hydrogen (secondary N) is 2. The first-order valence-corrected chi connectivity index (χ1v) is 18.6. The summed E-state index contributed by atoms with van der Waals surface area (Å²) in [6.07, 6.45) is 7.75. The summed E-state index contributed by atoms with van der Waals surface area (Å²) in [6, 6.07) is 21.1. The second kappa shape index (κ2) is 16.3. The number of phenols is 1. The molecule has 4 atom stereocenters. The van der Waals surface area contributed by atoms with Crippen molar-refractivity contribution in [1.29, 1.82) is 0 Å². The van der Waals surface area contributed by atoms with Gasteiger partial charge in [0, 0.05) is 37.8 Å². The number of nitrogens with zero attached hydrogens (tertiary/aromatic N) is 1. The number of aromatic hydroxyl groups is 1. The number of hydrogen-bond donors (Lipinski definition) is 5. The maximum atomic E-state index is 12.0. The van der Waals surface area contributed by atoms with Gasteiger partial charge in [0.15, 0.2) is 0 Å². The third kappa shape index (κ3) is 8.35. The summed E-state index contributed by atoms with van der Waals surface area (Å²) in [5.41, 5.74) is 3.12. The van der Waals surface area contributed by atoms with E-state index in [1.807, 2.05) is 24.3 Å². The highest BCUT2D eigenvalue weighted by Gasteiger charge is 2.48. The molecule has 9 nitrogen and oxygen atoms in total. The van der Waals surface area contributed by atoms with Crippen LogP contribution in [0.15, 0.2) is 66.7 Å². The van der Waals surface area contributed by atoms with Crippen molar-refractivity contribution in [2.75, 3.05) is 51.3 Å². The number of carbonyl (C=O) groups is 1. The van der Waals surface area contributed by atoms with E-state index in [2.05, 4.69) is 48.7 Å². The molecule has 4 aliphatic rings. The highest BCUT2D eigenvalue weighted by atomic mass is 16.5. The number of phenolic OH excluding ortho intramolecular Hbond substituents is 1. The van der Waals surface area contributed by atoms with Gasteiger partial charge in [0.1, 0.15) is 29.7 Å². The van der Waals surface area contributed by atoms with Gasteiger partial charge in [-0.05, 0) is 73.1 Å². The van der Waals surface area contributed by atoms with Gasteiger partial charge in [-0.15, -0.1) is 0 Å². The minimum absolute atomic E-state index is 0.00284. The van der Waals surface area contributed by atoms with Crippen LogP contribution in [0.4, 0.5) is 5.69 Å². The van der Waals surface area contributed by atoms with Gasteiger partial charge in [-0.1, -0.05) is 61.4 Å². The fourth-order valence-corrected chi connectivity index (χ4v) is 8.68. The molecule has 50 heavy (non-hydrogen) atoms. The lowest BCUT2D eigenvalue weighted by atomic mass is 9.80. The number of amides is 1. The van der Waals surface area contributed by atoms with Crippen LogP contribution >= 0.6 is 0 Å². The average Bonchev–Trinajstić information content (AvgIpc) is 3.70. The van der Waals surface area contributed by atoms with Crippen molar-refractivity contribution >= 4 is 12.1 Å². The first-order chi connectivity index (χ1) is 24.2. The van der Waals surface area contributed by atoms with Crippen molar-refractivity contribution < 1.29 is 34.1 Å². The summed E-state index contributed by atoms with van der Waals surface area (Å²) in [5, 5.41) is 38.5. The van der Waals surface area contributed by atoms with Crippen LogP contribution in [0.25, 0.3) is 0 Å². The Kier molecular flexibility index (Phi) is 11.8. The van der Waals surface area contributed by atoms with Crippen molar-refractivity contribution in [3.05, 3.63) is 89.0 Å². The minimum Gasteiger partial charge on any atom is -0.506 e. The zero-order valence-electron chi connectivity index (χ0n) is 29.7. The number of ether oxygens (including phenoxy) is 2. The molecule has 4 fully saturated rings. The number of aliphatic hydroxyl groups is 2. The van der Waals surface area contributed by atoms with Gasteiger partial charge in [-0.25, -0.2) is 0 Å². The summed E-state index contributed by atoms with van der Waals surface area (Å²) in [6.45, 7) is 9.99. The van der Waals surface area contributed by atoms with Gasteiger partial charge in [0.25, 0.3) is 0 Å². The van der Waals surface area contributed by atoms with Crippen LogP contribution in [0.3, 0.4) is 0 Å². The first kappa shape index (κ1) is 36.3. The first-order valence-electron chi connectivity index (χ1n) is 18.6. The summed E-state index contributed by atoms with van der Waals surface area (Å²) < 4.78 is 14.1. The standard InChI is InChI=1S/C41H55N3O6/c1-29-23-32(30(2)42-25-38(47)33-13-15-37(46)36(24-33)43-28-45)14-16-39(29)49-22-8-19-44-20-17-31(18-21-44)40(26-44)50-27-41(48,35-11-6-7-12-35)34-9-4-3-5-10-34/h3-5,9-10,13-16,23-24,28,30-31,35,38,40,42,47-48H,6-8,11-12,17-22,25-27H2,1-2H3,(H-,43,45,46)/p+1/t30-,31?,38+,40+,41-,44?/m1/s1. The van der Waals surface area contributed by atoms with Crippen molar-refractivity contribution in [2.24, 2.45) is 11.8 Å². The summed E-state index contributed by atoms with van der Waals surface area (Å²) >= 11 is 0. The van der Waals surface area contributed by atoms with Crippen LogP contribution in [0.2, 0.25) is 0 Å². The lowest BCUT2D eigenvalue weighted by Crippen LogP contribution is -2.65. The molecule has 5 N–H and O–H groups in total. The third-order valence-corrected chi connectivity index (χ3v) is 11.8. The average molecular weight is 687 g/mol. The fraction of sp³-hybridized carbons (Fsp3) is 0.537. The number of aliphatic hydroxyl groups excluding tert-OH is 1. The van der Waals surface area contributed by atoms with E-state index in [9.17, 15) is 20.1 Å². The molecule has 1 amide bonds. The summed E-state index contributed by atoms with van der Waals surface area (Å²) in [4.78, 5) is 10.8. The highest BCUT2D eigenvalue weighted by molar-refractivity contribution is 5.75. The van der Waals surface area contributed by atoms with Crippen molar-refractivity contribution in [1.82, 2.24) is 5.32 Å². The van der Waals surface area contributed by atoms with Crippen LogP contribution in [-0.4, -0.2) is 78.3 Å². The lowest BCUT2D eigenvalue weighted by Gasteiger charge is -2.53. The van der Waals surface area contributed by atoms with Gasteiger partial charge in [-0.2, -0.15) is 0 Å². The number of carbonyl (C=O) groups excluding carboxylic acids is 1. The Morgan fingerprint density at radius 3 is 2.46 bits per heavy atom. The van der Waals surface area contributed by atoms with Crippen LogP contribution in [-0.2, 0) is 15.1 Å². The zero-order chi connectivity index (χ0) is 35.1. The van der Waals surface area contributed by atoms with E-state index in [0.29, 0.717) is 37.6 Å². The number of aryl methyl sites for hydroxylation is 1. The molecule has 7 rings (SSSR count). The molecule has 3 aromatic carbocycles. The van der Waals surface area contributed by atoms with E-state index in [1.165, 1.54) is 44.8 Å². The molecule has 3 heterocycles.